The van der Waals surface area contributed by atoms with Crippen molar-refractivity contribution in [2.24, 2.45) is 5.41 Å². The van der Waals surface area contributed by atoms with E-state index in [0.717, 1.165) is 61.2 Å². The minimum absolute atomic E-state index is 0.174. The fraction of sp³-hybridized carbons (Fsp3) is 0.600. The lowest BCUT2D eigenvalue weighted by molar-refractivity contribution is -0.138. The number of Topliss-reactive ketones (excluding diaryl/α,β-unsaturated/α-hetero) is 1. The first-order chi connectivity index (χ1) is 16.9. The number of carbonyl (C=O) groups is 2. The molecule has 184 valence electrons. The summed E-state index contributed by atoms with van der Waals surface area (Å²) in [4.78, 5) is 34.6. The topological polar surface area (TPSA) is 117 Å². The molecule has 1 N–H and O–H groups in total. The van der Waals surface area contributed by atoms with Crippen LogP contribution < -0.4 is 0 Å². The fourth-order valence-electron chi connectivity index (χ4n) is 6.90. The van der Waals surface area contributed by atoms with Crippen LogP contribution in [-0.4, -0.2) is 77.0 Å². The molecule has 10 heteroatoms. The molecule has 4 aliphatic rings. The van der Waals surface area contributed by atoms with Crippen molar-refractivity contribution in [2.75, 3.05) is 13.1 Å². The van der Waals surface area contributed by atoms with Crippen LogP contribution in [0.15, 0.2) is 29.7 Å². The molecule has 35 heavy (non-hydrogen) atoms. The van der Waals surface area contributed by atoms with E-state index in [0.29, 0.717) is 37.3 Å². The van der Waals surface area contributed by atoms with Gasteiger partial charge in [0, 0.05) is 54.1 Å². The number of amides is 1. The van der Waals surface area contributed by atoms with Crippen LogP contribution in [0.2, 0.25) is 0 Å². The number of aliphatic hydroxyl groups excluding tert-OH is 1. The molecule has 1 aliphatic carbocycles. The summed E-state index contributed by atoms with van der Waals surface area (Å²) >= 11 is 0. The average molecular weight is 478 g/mol. The Balaban J connectivity index is 1.16. The van der Waals surface area contributed by atoms with Gasteiger partial charge in [-0.25, -0.2) is 4.98 Å². The summed E-state index contributed by atoms with van der Waals surface area (Å²) in [6, 6.07) is 4.30. The Labute approximate surface area is 204 Å². The highest BCUT2D eigenvalue weighted by Gasteiger charge is 2.56. The van der Waals surface area contributed by atoms with Gasteiger partial charge in [-0.1, -0.05) is 6.07 Å². The second kappa shape index (κ2) is 8.30. The van der Waals surface area contributed by atoms with Gasteiger partial charge in [0.1, 0.15) is 6.33 Å². The molecule has 2 aromatic heterocycles. The summed E-state index contributed by atoms with van der Waals surface area (Å²) in [5.74, 6) is 1.01. The number of aryl methyl sites for hydroxylation is 1. The number of hydrogen-bond donors (Lipinski definition) is 1. The highest BCUT2D eigenvalue weighted by Crippen LogP contribution is 2.52. The second-order valence-electron chi connectivity index (χ2n) is 10.6. The van der Waals surface area contributed by atoms with Gasteiger partial charge >= 0.3 is 0 Å². The molecular formula is C25H31N7O3. The minimum atomic E-state index is -0.657. The zero-order chi connectivity index (χ0) is 24.3. The molecule has 1 amide bonds. The van der Waals surface area contributed by atoms with Crippen LogP contribution in [0.25, 0.3) is 5.82 Å². The molecule has 3 unspecified atom stereocenters. The Kier molecular flexibility index (Phi) is 5.33. The third kappa shape index (κ3) is 3.61. The molecule has 0 saturated carbocycles. The van der Waals surface area contributed by atoms with Gasteiger partial charge in [0.25, 0.3) is 0 Å². The van der Waals surface area contributed by atoms with Gasteiger partial charge in [-0.05, 0) is 68.9 Å². The standard InChI is InChI=1S/C25H31N7O3/c1-15-20(6-7-21(15)33)30-10-9-25(24(30)35)11-17-3-4-18(12-25)31(17)13-22(34)19-5-8-23(27-16(19)2)32-14-26-28-29-32/h5,8,14,17-18,22,34H,3-4,6-7,9-13H2,1-2H3. The number of ketones is 1. The third-order valence-corrected chi connectivity index (χ3v) is 8.74. The summed E-state index contributed by atoms with van der Waals surface area (Å²) in [5.41, 5.74) is 2.96. The molecule has 3 aliphatic heterocycles. The lowest BCUT2D eigenvalue weighted by Crippen LogP contribution is -2.51. The van der Waals surface area contributed by atoms with Crippen molar-refractivity contribution in [3.8, 4) is 5.82 Å². The number of tetrazole rings is 1. The van der Waals surface area contributed by atoms with Crippen LogP contribution >= 0.6 is 0 Å². The van der Waals surface area contributed by atoms with Gasteiger partial charge in [-0.2, -0.15) is 4.68 Å². The summed E-state index contributed by atoms with van der Waals surface area (Å²) in [5, 5.41) is 22.3. The van der Waals surface area contributed by atoms with Crippen LogP contribution in [-0.2, 0) is 9.59 Å². The van der Waals surface area contributed by atoms with Crippen LogP contribution in [0.4, 0.5) is 0 Å². The summed E-state index contributed by atoms with van der Waals surface area (Å²) in [6.45, 7) is 5.01. The molecule has 1 spiro atoms. The first-order valence-electron chi connectivity index (χ1n) is 12.6. The minimum Gasteiger partial charge on any atom is -0.387 e. The molecular weight excluding hydrogens is 446 g/mol. The Bertz CT molecular complexity index is 1190. The van der Waals surface area contributed by atoms with Crippen molar-refractivity contribution in [3.63, 3.8) is 0 Å². The average Bonchev–Trinajstić information content (AvgIpc) is 3.60. The number of piperidine rings is 1. The molecule has 2 aromatic rings. The van der Waals surface area contributed by atoms with E-state index in [-0.39, 0.29) is 17.1 Å². The molecule has 0 radical (unpaired) electrons. The van der Waals surface area contributed by atoms with Crippen LogP contribution in [0, 0.1) is 12.3 Å². The molecule has 3 atom stereocenters. The Morgan fingerprint density at radius 1 is 1.14 bits per heavy atom. The quantitative estimate of drug-likeness (QED) is 0.694. The van der Waals surface area contributed by atoms with Gasteiger partial charge in [0.05, 0.1) is 11.5 Å². The van der Waals surface area contributed by atoms with E-state index in [2.05, 4.69) is 25.4 Å². The molecule has 10 nitrogen and oxygen atoms in total. The zero-order valence-electron chi connectivity index (χ0n) is 20.2. The van der Waals surface area contributed by atoms with Crippen molar-refractivity contribution in [1.29, 1.82) is 0 Å². The summed E-state index contributed by atoms with van der Waals surface area (Å²) in [7, 11) is 0. The number of aromatic nitrogens is 5. The number of nitrogens with zero attached hydrogens (tertiary/aromatic N) is 7. The molecule has 5 heterocycles. The smallest absolute Gasteiger partial charge is 0.233 e. The number of aliphatic hydroxyl groups is 1. The number of allylic oxidation sites excluding steroid dienone is 2. The van der Waals surface area contributed by atoms with Crippen molar-refractivity contribution in [1.82, 2.24) is 35.0 Å². The lowest BCUT2D eigenvalue weighted by Gasteiger charge is -2.44. The van der Waals surface area contributed by atoms with Crippen molar-refractivity contribution >= 4 is 11.7 Å². The zero-order valence-corrected chi connectivity index (χ0v) is 20.2. The lowest BCUT2D eigenvalue weighted by atomic mass is 9.73. The maximum absolute atomic E-state index is 13.7. The van der Waals surface area contributed by atoms with Crippen molar-refractivity contribution in [3.05, 3.63) is 41.0 Å². The third-order valence-electron chi connectivity index (χ3n) is 8.74. The van der Waals surface area contributed by atoms with E-state index in [1.807, 2.05) is 30.9 Å². The monoisotopic (exact) mass is 477 g/mol. The molecule has 0 aromatic carbocycles. The molecule has 6 rings (SSSR count). The Morgan fingerprint density at radius 3 is 2.54 bits per heavy atom. The van der Waals surface area contributed by atoms with E-state index in [1.54, 1.807) is 0 Å². The van der Waals surface area contributed by atoms with E-state index in [4.69, 9.17) is 0 Å². The summed E-state index contributed by atoms with van der Waals surface area (Å²) < 4.78 is 1.49. The Hall–Kier alpha value is -2.98. The van der Waals surface area contributed by atoms with E-state index < -0.39 is 6.10 Å². The number of rotatable bonds is 5. The second-order valence-corrected chi connectivity index (χ2v) is 10.6. The number of carbonyl (C=O) groups excluding carboxylic acids is 2. The first-order valence-corrected chi connectivity index (χ1v) is 12.6. The van der Waals surface area contributed by atoms with Gasteiger partial charge < -0.3 is 10.0 Å². The number of hydrogen-bond acceptors (Lipinski definition) is 8. The maximum atomic E-state index is 13.7. The van der Waals surface area contributed by atoms with Gasteiger partial charge in [-0.15, -0.1) is 5.10 Å². The van der Waals surface area contributed by atoms with Crippen LogP contribution in [0.3, 0.4) is 0 Å². The maximum Gasteiger partial charge on any atom is 0.233 e. The predicted octanol–water partition coefficient (Wildman–Crippen LogP) is 1.88. The van der Waals surface area contributed by atoms with Gasteiger partial charge in [0.15, 0.2) is 11.6 Å². The summed E-state index contributed by atoms with van der Waals surface area (Å²) in [6.07, 6.45) is 6.70. The van der Waals surface area contributed by atoms with Crippen LogP contribution in [0.1, 0.15) is 69.2 Å². The highest BCUT2D eigenvalue weighted by atomic mass is 16.3. The van der Waals surface area contributed by atoms with E-state index in [9.17, 15) is 14.7 Å². The van der Waals surface area contributed by atoms with Crippen molar-refractivity contribution < 1.29 is 14.7 Å². The normalized spacial score (nSPS) is 29.7. The van der Waals surface area contributed by atoms with E-state index >= 15 is 0 Å². The molecule has 3 fully saturated rings. The van der Waals surface area contributed by atoms with Crippen LogP contribution in [0.5, 0.6) is 0 Å². The highest BCUT2D eigenvalue weighted by molar-refractivity contribution is 5.99. The van der Waals surface area contributed by atoms with Crippen molar-refractivity contribution in [2.45, 2.75) is 77.0 Å². The SMILES string of the molecule is CC1=C(N2CCC3(CC4CCC(C3)N4CC(O)c3ccc(-n4cnnn4)nc3C)C2=O)CCC1=O. The molecule has 2 bridgehead atoms. The number of fused-ring (bicyclic) bond motifs is 2. The van der Waals surface area contributed by atoms with Gasteiger partial charge in [0.2, 0.25) is 5.91 Å². The fourth-order valence-corrected chi connectivity index (χ4v) is 6.90. The number of pyridine rings is 1. The Morgan fingerprint density at radius 2 is 1.91 bits per heavy atom. The largest absolute Gasteiger partial charge is 0.387 e. The van der Waals surface area contributed by atoms with Gasteiger partial charge in [-0.3, -0.25) is 14.5 Å². The number of likely N-dealkylation sites (tertiary alicyclic amines) is 1. The first kappa shape index (κ1) is 22.5. The molecule has 3 saturated heterocycles. The van der Waals surface area contributed by atoms with E-state index in [1.165, 1.54) is 11.0 Å². The predicted molar refractivity (Wildman–Crippen MR) is 125 cm³/mol.